The number of unbranched alkanes of at least 4 members (excludes halogenated alkanes) is 9. The Morgan fingerprint density at radius 3 is 2.12 bits per heavy atom. The maximum Gasteiger partial charge on any atom is 0.238 e. The van der Waals surface area contributed by atoms with Gasteiger partial charge in [0, 0.05) is 6.54 Å². The van der Waals surface area contributed by atoms with Gasteiger partial charge in [0.2, 0.25) is 5.91 Å². The van der Waals surface area contributed by atoms with Gasteiger partial charge in [-0.05, 0) is 19.3 Å². The molecule has 1 saturated heterocycles. The highest BCUT2D eigenvalue weighted by Crippen LogP contribution is 2.18. The Kier molecular flexibility index (Phi) is 10.6. The Morgan fingerprint density at radius 2 is 1.54 bits per heavy atom. The molecule has 0 bridgehead atoms. The normalized spacial score (nSPS) is 22.2. The number of nitrogens with one attached hydrogen (secondary N) is 1. The number of amides is 1. The fourth-order valence-corrected chi connectivity index (χ4v) is 5.33. The van der Waals surface area contributed by atoms with Crippen LogP contribution in [-0.2, 0) is 14.6 Å². The lowest BCUT2D eigenvalue weighted by atomic mass is 10.1. The number of nitrogens with two attached hydrogens (primary N) is 1. The van der Waals surface area contributed by atoms with Crippen molar-refractivity contribution in [3.8, 4) is 0 Å². The second-order valence-corrected chi connectivity index (χ2v) is 9.39. The van der Waals surface area contributed by atoms with Gasteiger partial charge in [0.1, 0.15) is 6.04 Å². The fraction of sp³-hybridized carbons (Fsp3) is 0.944. The van der Waals surface area contributed by atoms with Crippen molar-refractivity contribution in [2.24, 2.45) is 5.73 Å². The molecule has 1 rings (SSSR count). The summed E-state index contributed by atoms with van der Waals surface area (Å²) in [5, 5.41) is 1.97. The van der Waals surface area contributed by atoms with E-state index >= 15 is 0 Å². The minimum absolute atomic E-state index is 0.162. The van der Waals surface area contributed by atoms with Gasteiger partial charge < -0.3 is 11.1 Å². The molecule has 5 nitrogen and oxygen atoms in total. The van der Waals surface area contributed by atoms with E-state index < -0.39 is 21.1 Å². The zero-order valence-electron chi connectivity index (χ0n) is 15.3. The van der Waals surface area contributed by atoms with Crippen molar-refractivity contribution in [3.05, 3.63) is 0 Å². The predicted octanol–water partition coefficient (Wildman–Crippen LogP) is 2.93. The van der Waals surface area contributed by atoms with Gasteiger partial charge in [-0.3, -0.25) is 4.79 Å². The smallest absolute Gasteiger partial charge is 0.238 e. The van der Waals surface area contributed by atoms with Crippen LogP contribution in [0.3, 0.4) is 0 Å². The Hall–Kier alpha value is -0.620. The minimum atomic E-state index is -3.28. The summed E-state index contributed by atoms with van der Waals surface area (Å²) in [6.07, 6.45) is 12.9. The lowest BCUT2D eigenvalue weighted by Crippen LogP contribution is -2.49. The van der Waals surface area contributed by atoms with E-state index in [0.717, 1.165) is 12.8 Å². The van der Waals surface area contributed by atoms with Crippen LogP contribution in [0.15, 0.2) is 0 Å². The largest absolute Gasteiger partial charge is 0.355 e. The van der Waals surface area contributed by atoms with Crippen molar-refractivity contribution in [2.45, 2.75) is 95.3 Å². The second-order valence-electron chi connectivity index (χ2n) is 7.05. The van der Waals surface area contributed by atoms with Gasteiger partial charge in [-0.25, -0.2) is 8.42 Å². The standard InChI is InChI=1S/C18H36N2O3S/c1-2-3-4-5-6-7-8-9-10-11-15-24(22,23)16-13-12-14-20-18(21)17(16)19/h16-17H,2-15,19H2,1H3,(H,20,21)/t16?,17-/m1/s1. The molecule has 0 saturated carbocycles. The molecule has 0 spiro atoms. The van der Waals surface area contributed by atoms with Crippen LogP contribution in [0.1, 0.15) is 84.0 Å². The molecule has 6 heteroatoms. The van der Waals surface area contributed by atoms with Crippen molar-refractivity contribution in [1.82, 2.24) is 5.32 Å². The Morgan fingerprint density at radius 1 is 1.00 bits per heavy atom. The Labute approximate surface area is 148 Å². The molecule has 1 fully saturated rings. The number of rotatable bonds is 12. The molecule has 0 aromatic rings. The van der Waals surface area contributed by atoms with E-state index in [2.05, 4.69) is 12.2 Å². The summed E-state index contributed by atoms with van der Waals surface area (Å²) in [7, 11) is -3.28. The minimum Gasteiger partial charge on any atom is -0.355 e. The molecule has 1 unspecified atom stereocenters. The Bertz CT molecular complexity index is 451. The van der Waals surface area contributed by atoms with Gasteiger partial charge in [0.15, 0.2) is 9.84 Å². The molecule has 24 heavy (non-hydrogen) atoms. The molecule has 142 valence electrons. The molecule has 1 aliphatic rings. The third-order valence-corrected chi connectivity index (χ3v) is 7.22. The highest BCUT2D eigenvalue weighted by atomic mass is 32.2. The molecule has 0 radical (unpaired) electrons. The van der Waals surface area contributed by atoms with Crippen LogP contribution in [0.25, 0.3) is 0 Å². The molecule has 2 atom stereocenters. The van der Waals surface area contributed by atoms with Crippen molar-refractivity contribution in [3.63, 3.8) is 0 Å². The van der Waals surface area contributed by atoms with Crippen LogP contribution in [0.5, 0.6) is 0 Å². The van der Waals surface area contributed by atoms with Crippen LogP contribution in [-0.4, -0.2) is 37.9 Å². The first kappa shape index (κ1) is 21.4. The van der Waals surface area contributed by atoms with E-state index in [1.807, 2.05) is 0 Å². The molecule has 3 N–H and O–H groups in total. The van der Waals surface area contributed by atoms with Crippen LogP contribution >= 0.6 is 0 Å². The van der Waals surface area contributed by atoms with Gasteiger partial charge in [0.25, 0.3) is 0 Å². The van der Waals surface area contributed by atoms with Crippen molar-refractivity contribution in [2.75, 3.05) is 12.3 Å². The zero-order chi connectivity index (χ0) is 17.8. The lowest BCUT2D eigenvalue weighted by molar-refractivity contribution is -0.121. The average molecular weight is 361 g/mol. The molecule has 1 heterocycles. The van der Waals surface area contributed by atoms with Gasteiger partial charge in [-0.2, -0.15) is 0 Å². The topological polar surface area (TPSA) is 89.3 Å². The summed E-state index contributed by atoms with van der Waals surface area (Å²) >= 11 is 0. The number of sulfone groups is 1. The molecule has 0 aliphatic carbocycles. The number of hydrogen-bond donors (Lipinski definition) is 2. The summed E-state index contributed by atoms with van der Waals surface area (Å²) in [6, 6.07) is -0.916. The maximum atomic E-state index is 12.5. The van der Waals surface area contributed by atoms with Gasteiger partial charge in [0.05, 0.1) is 11.0 Å². The summed E-state index contributed by atoms with van der Waals surface area (Å²) in [5.74, 6) is -0.168. The molecule has 1 amide bonds. The second kappa shape index (κ2) is 11.9. The van der Waals surface area contributed by atoms with Crippen molar-refractivity contribution >= 4 is 15.7 Å². The quantitative estimate of drug-likeness (QED) is 0.524. The highest BCUT2D eigenvalue weighted by Gasteiger charge is 2.36. The predicted molar refractivity (Wildman–Crippen MR) is 99.6 cm³/mol. The number of carbonyl (C=O) groups is 1. The summed E-state index contributed by atoms with van der Waals surface area (Å²) in [4.78, 5) is 11.7. The first-order valence-electron chi connectivity index (χ1n) is 9.74. The maximum absolute atomic E-state index is 12.5. The van der Waals surface area contributed by atoms with E-state index in [-0.39, 0.29) is 11.7 Å². The van der Waals surface area contributed by atoms with E-state index in [0.29, 0.717) is 25.8 Å². The van der Waals surface area contributed by atoms with Gasteiger partial charge in [-0.1, -0.05) is 64.7 Å². The first-order valence-corrected chi connectivity index (χ1v) is 11.5. The van der Waals surface area contributed by atoms with Crippen molar-refractivity contribution in [1.29, 1.82) is 0 Å². The van der Waals surface area contributed by atoms with Gasteiger partial charge in [-0.15, -0.1) is 0 Å². The molecule has 0 aromatic heterocycles. The van der Waals surface area contributed by atoms with Crippen LogP contribution < -0.4 is 11.1 Å². The van der Waals surface area contributed by atoms with Crippen LogP contribution in [0.2, 0.25) is 0 Å². The average Bonchev–Trinajstić information content (AvgIpc) is 2.71. The SMILES string of the molecule is CCCCCCCCCCCCS(=O)(=O)C1CCCNC(=O)[C@@H]1N. The molecular formula is C18H36N2O3S. The van der Waals surface area contributed by atoms with E-state index in [1.54, 1.807) is 0 Å². The van der Waals surface area contributed by atoms with E-state index in [1.165, 1.54) is 44.9 Å². The lowest BCUT2D eigenvalue weighted by Gasteiger charge is -2.20. The molecule has 1 aliphatic heterocycles. The molecular weight excluding hydrogens is 324 g/mol. The summed E-state index contributed by atoms with van der Waals surface area (Å²) < 4.78 is 24.9. The highest BCUT2D eigenvalue weighted by molar-refractivity contribution is 7.92. The zero-order valence-corrected chi connectivity index (χ0v) is 16.1. The third kappa shape index (κ3) is 7.97. The fourth-order valence-electron chi connectivity index (χ4n) is 3.33. The van der Waals surface area contributed by atoms with E-state index in [9.17, 15) is 13.2 Å². The monoisotopic (exact) mass is 360 g/mol. The third-order valence-electron chi connectivity index (χ3n) is 4.91. The first-order chi connectivity index (χ1) is 11.5. The molecule has 0 aromatic carbocycles. The van der Waals surface area contributed by atoms with Crippen molar-refractivity contribution < 1.29 is 13.2 Å². The number of hydrogen-bond acceptors (Lipinski definition) is 4. The number of carbonyl (C=O) groups excluding carboxylic acids is 1. The van der Waals surface area contributed by atoms with E-state index in [4.69, 9.17) is 5.73 Å². The summed E-state index contributed by atoms with van der Waals surface area (Å²) in [6.45, 7) is 2.75. The van der Waals surface area contributed by atoms with Crippen LogP contribution in [0, 0.1) is 0 Å². The van der Waals surface area contributed by atoms with Crippen LogP contribution in [0.4, 0.5) is 0 Å². The van der Waals surface area contributed by atoms with Gasteiger partial charge >= 0.3 is 0 Å². The summed E-state index contributed by atoms with van der Waals surface area (Å²) in [5.41, 5.74) is 5.84. The Balaban J connectivity index is 2.17.